The van der Waals surface area contributed by atoms with Crippen molar-refractivity contribution in [3.63, 3.8) is 0 Å². The number of phenolic OH excluding ortho intramolecular Hbond substituents is 1. The highest BCUT2D eigenvalue weighted by atomic mass is 16.5. The number of ether oxygens (including phenoxy) is 3. The molecule has 370 valence electrons. The van der Waals surface area contributed by atoms with Crippen molar-refractivity contribution in [2.75, 3.05) is 54.1 Å². The van der Waals surface area contributed by atoms with Crippen LogP contribution in [-0.2, 0) is 57.6 Å². The van der Waals surface area contributed by atoms with E-state index in [2.05, 4.69) is 59.6 Å². The van der Waals surface area contributed by atoms with E-state index < -0.39 is 47.2 Å². The molecule has 0 spiro atoms. The van der Waals surface area contributed by atoms with Crippen LogP contribution < -0.4 is 16.1 Å². The molecular formula is C52H68N8O9. The van der Waals surface area contributed by atoms with E-state index in [-0.39, 0.29) is 67.8 Å². The van der Waals surface area contributed by atoms with Crippen molar-refractivity contribution in [2.24, 2.45) is 17.3 Å². The Balaban J connectivity index is 1.15. The van der Waals surface area contributed by atoms with Crippen molar-refractivity contribution in [3.05, 3.63) is 71.5 Å². The van der Waals surface area contributed by atoms with Crippen LogP contribution in [0.3, 0.4) is 0 Å². The molecule has 17 heteroatoms. The molecule has 0 aliphatic carbocycles. The number of amides is 4. The molecule has 4 N–H and O–H groups in total. The summed E-state index contributed by atoms with van der Waals surface area (Å²) in [4.78, 5) is 77.8. The summed E-state index contributed by atoms with van der Waals surface area (Å²) in [7, 11) is 4.77. The SMILES string of the molecule is CCn1c(-c2cccnc2[C@H](C)OC)c2c3cc(ccc31)-c1cc(O)cc(c1)C[C@H](NC(=O)[C@H](C(C)C)N(C)C(=O)CN(C)C(=O)[C@H]1N[C@@H]1C1COC1)C(=O)N1CCC[C@H](N1)C(=O)OCC(C)(C)C2. The Morgan fingerprint density at radius 2 is 1.83 bits per heavy atom. The van der Waals surface area contributed by atoms with Crippen LogP contribution in [-0.4, -0.2) is 143 Å². The summed E-state index contributed by atoms with van der Waals surface area (Å²) in [6.45, 7) is 13.8. The van der Waals surface area contributed by atoms with Crippen LogP contribution in [0.4, 0.5) is 0 Å². The molecule has 6 bridgehead atoms. The van der Waals surface area contributed by atoms with E-state index in [1.165, 1.54) is 21.9 Å². The lowest BCUT2D eigenvalue weighted by atomic mass is 9.84. The lowest BCUT2D eigenvalue weighted by Gasteiger charge is -2.37. The molecule has 4 aromatic rings. The van der Waals surface area contributed by atoms with Gasteiger partial charge in [0.05, 0.1) is 43.9 Å². The summed E-state index contributed by atoms with van der Waals surface area (Å²) < 4.78 is 19.5. The highest BCUT2D eigenvalue weighted by Crippen LogP contribution is 2.42. The smallest absolute Gasteiger partial charge is 0.324 e. The van der Waals surface area contributed by atoms with Crippen LogP contribution in [0.5, 0.6) is 5.75 Å². The van der Waals surface area contributed by atoms with E-state index in [1.807, 2.05) is 39.0 Å². The van der Waals surface area contributed by atoms with Gasteiger partial charge in [-0.3, -0.25) is 39.3 Å². The number of nitrogens with zero attached hydrogens (tertiary/aromatic N) is 5. The van der Waals surface area contributed by atoms with E-state index in [0.29, 0.717) is 50.1 Å². The maximum atomic E-state index is 14.8. The highest BCUT2D eigenvalue weighted by Gasteiger charge is 2.50. The van der Waals surface area contributed by atoms with Gasteiger partial charge in [-0.15, -0.1) is 0 Å². The standard InChI is InChI=1S/C52H68N8O9/c1-10-59-41-16-15-32-23-37(41)38(47(59)36-13-11-17-53-43(36)30(4)67-9)24-52(5,6)28-69-51(66)39-14-12-18-60(56-39)49(64)40(21-31-19-33(32)22-35(61)20-31)54-48(63)46(29(2)3)58(8)42(62)25-57(7)50(65)45-44(55-45)34-26-68-27-34/h11,13,15-17,19-20,22-23,29-30,34,39-40,44-46,55-56,61H,10,12,14,18,21,24-28H2,1-9H3,(H,54,63)/t30-,39-,40-,44+,45-,46-/m0/s1. The molecule has 6 atom stereocenters. The van der Waals surface area contributed by atoms with Gasteiger partial charge in [-0.05, 0) is 97.7 Å². The fourth-order valence-electron chi connectivity index (χ4n) is 10.3. The molecule has 0 saturated carbocycles. The zero-order chi connectivity index (χ0) is 49.5. The average molecular weight is 949 g/mol. The molecule has 4 aliphatic heterocycles. The van der Waals surface area contributed by atoms with E-state index in [4.69, 9.17) is 19.2 Å². The molecule has 6 heterocycles. The third-order valence-electron chi connectivity index (χ3n) is 14.2. The minimum Gasteiger partial charge on any atom is -0.508 e. The van der Waals surface area contributed by atoms with Crippen LogP contribution in [0, 0.1) is 17.3 Å². The van der Waals surface area contributed by atoms with Crippen molar-refractivity contribution in [2.45, 2.75) is 110 Å². The van der Waals surface area contributed by atoms with Crippen LogP contribution in [0.1, 0.15) is 77.3 Å². The van der Waals surface area contributed by atoms with E-state index in [0.717, 1.165) is 39.0 Å². The zero-order valence-corrected chi connectivity index (χ0v) is 41.3. The summed E-state index contributed by atoms with van der Waals surface area (Å²) in [5, 5.41) is 19.9. The number of carbonyl (C=O) groups excluding carboxylic acids is 5. The number of aryl methyl sites for hydroxylation is 1. The number of nitrogens with one attached hydrogen (secondary N) is 3. The number of esters is 1. The first-order valence-corrected chi connectivity index (χ1v) is 24.2. The first-order chi connectivity index (χ1) is 32.9. The Bertz CT molecular complexity index is 2610. The number of likely N-dealkylation sites (N-methyl/N-ethyl adjacent to an activating group) is 2. The van der Waals surface area contributed by atoms with Crippen molar-refractivity contribution in [1.29, 1.82) is 0 Å². The highest BCUT2D eigenvalue weighted by molar-refractivity contribution is 5.96. The lowest BCUT2D eigenvalue weighted by molar-refractivity contribution is -0.155. The van der Waals surface area contributed by atoms with Gasteiger partial charge in [0.2, 0.25) is 17.7 Å². The van der Waals surface area contributed by atoms with Gasteiger partial charge in [0.25, 0.3) is 5.91 Å². The van der Waals surface area contributed by atoms with E-state index >= 15 is 0 Å². The van der Waals surface area contributed by atoms with Crippen LogP contribution in [0.15, 0.2) is 54.7 Å². The summed E-state index contributed by atoms with van der Waals surface area (Å²) in [5.74, 6) is -2.32. The molecule has 2 aromatic heterocycles. The summed E-state index contributed by atoms with van der Waals surface area (Å²) in [6, 6.07) is 12.0. The Morgan fingerprint density at radius 1 is 1.06 bits per heavy atom. The van der Waals surface area contributed by atoms with Gasteiger partial charge in [-0.25, -0.2) is 5.43 Å². The molecule has 3 fully saturated rings. The van der Waals surface area contributed by atoms with E-state index in [1.54, 1.807) is 32.5 Å². The van der Waals surface area contributed by atoms with Crippen LogP contribution >= 0.6 is 0 Å². The van der Waals surface area contributed by atoms with Gasteiger partial charge >= 0.3 is 5.97 Å². The van der Waals surface area contributed by atoms with Gasteiger partial charge in [0.15, 0.2) is 0 Å². The summed E-state index contributed by atoms with van der Waals surface area (Å²) >= 11 is 0. The quantitative estimate of drug-likeness (QED) is 0.115. The third-order valence-corrected chi connectivity index (χ3v) is 14.2. The molecule has 69 heavy (non-hydrogen) atoms. The molecule has 0 unspecified atom stereocenters. The molecule has 17 nitrogen and oxygen atoms in total. The maximum absolute atomic E-state index is 14.8. The number of pyridine rings is 1. The normalized spacial score (nSPS) is 22.6. The maximum Gasteiger partial charge on any atom is 0.324 e. The Hall–Kier alpha value is -5.88. The number of benzene rings is 2. The van der Waals surface area contributed by atoms with Gasteiger partial charge in [0, 0.05) is 80.8 Å². The first kappa shape index (κ1) is 49.5. The number of fused-ring (bicyclic) bond motifs is 6. The van der Waals surface area contributed by atoms with E-state index in [9.17, 15) is 29.1 Å². The average Bonchev–Trinajstić information content (AvgIpc) is 4.02. The van der Waals surface area contributed by atoms with Gasteiger partial charge in [-0.2, -0.15) is 0 Å². The van der Waals surface area contributed by atoms with Crippen molar-refractivity contribution < 1.29 is 43.3 Å². The number of hydrogen-bond acceptors (Lipinski definition) is 12. The molecule has 4 amide bonds. The Morgan fingerprint density at radius 3 is 2.52 bits per heavy atom. The largest absolute Gasteiger partial charge is 0.508 e. The number of cyclic esters (lactones) is 1. The van der Waals surface area contributed by atoms with Crippen molar-refractivity contribution >= 4 is 40.5 Å². The monoisotopic (exact) mass is 949 g/mol. The Labute approximate surface area is 404 Å². The molecular weight excluding hydrogens is 881 g/mol. The summed E-state index contributed by atoms with van der Waals surface area (Å²) in [6.07, 6.45) is 2.92. The van der Waals surface area contributed by atoms with Gasteiger partial charge in [0.1, 0.15) is 29.9 Å². The second-order valence-corrected chi connectivity index (χ2v) is 20.4. The molecule has 4 aliphatic rings. The number of methoxy groups -OCH3 is 1. The fraction of sp³-hybridized carbons (Fsp3) is 0.538. The number of phenols is 1. The predicted octanol–water partition coefficient (Wildman–Crippen LogP) is 4.38. The predicted molar refractivity (Wildman–Crippen MR) is 259 cm³/mol. The first-order valence-electron chi connectivity index (χ1n) is 24.2. The minimum atomic E-state index is -1.19. The molecule has 0 radical (unpaired) electrons. The number of carbonyl (C=O) groups is 5. The minimum absolute atomic E-state index is 0.0204. The lowest BCUT2D eigenvalue weighted by Crippen LogP contribution is -2.62. The van der Waals surface area contributed by atoms with Crippen molar-refractivity contribution in [3.8, 4) is 28.1 Å². The fourth-order valence-corrected chi connectivity index (χ4v) is 10.3. The second-order valence-electron chi connectivity index (χ2n) is 20.4. The Kier molecular flexibility index (Phi) is 14.5. The zero-order valence-electron chi connectivity index (χ0n) is 41.3. The molecule has 3 saturated heterocycles. The number of aromatic hydroxyl groups is 1. The number of aromatic nitrogens is 2. The number of hydrazine groups is 1. The van der Waals surface area contributed by atoms with Crippen molar-refractivity contribution in [1.82, 2.24) is 40.4 Å². The third kappa shape index (κ3) is 10.4. The number of rotatable bonds is 12. The topological polar surface area (TPSA) is 207 Å². The number of hydrogen-bond donors (Lipinski definition) is 4. The van der Waals surface area contributed by atoms with Gasteiger partial charge < -0.3 is 39.0 Å². The summed E-state index contributed by atoms with van der Waals surface area (Å²) in [5.41, 5.74) is 9.47. The molecule has 2 aromatic carbocycles. The van der Waals surface area contributed by atoms with Gasteiger partial charge in [-0.1, -0.05) is 39.8 Å². The van der Waals surface area contributed by atoms with Crippen LogP contribution in [0.2, 0.25) is 0 Å². The second kappa shape index (κ2) is 20.2. The van der Waals surface area contributed by atoms with Crippen LogP contribution in [0.25, 0.3) is 33.3 Å². The molecule has 8 rings (SSSR count).